The Morgan fingerprint density at radius 1 is 1.00 bits per heavy atom. The number of rotatable bonds is 14. The molecule has 1 fully saturated rings. The van der Waals surface area contributed by atoms with Gasteiger partial charge in [0.05, 0.1) is 25.6 Å². The zero-order valence-electron chi connectivity index (χ0n) is 24.1. The van der Waals surface area contributed by atoms with E-state index in [9.17, 15) is 9.59 Å². The average molecular weight is 539 g/mol. The number of hydrogen-bond acceptors (Lipinski definition) is 7. The third-order valence-electron chi connectivity index (χ3n) is 7.22. The molecule has 1 atom stereocenters. The number of esters is 2. The van der Waals surface area contributed by atoms with E-state index in [2.05, 4.69) is 28.8 Å². The first-order valence-corrected chi connectivity index (χ1v) is 14.2. The smallest absolute Gasteiger partial charge is 0.312 e. The minimum atomic E-state index is -0.483. The van der Waals surface area contributed by atoms with Crippen molar-refractivity contribution in [1.82, 2.24) is 10.6 Å². The van der Waals surface area contributed by atoms with E-state index in [4.69, 9.17) is 14.2 Å². The van der Waals surface area contributed by atoms with Gasteiger partial charge >= 0.3 is 11.9 Å². The van der Waals surface area contributed by atoms with Gasteiger partial charge in [-0.25, -0.2) is 0 Å². The van der Waals surface area contributed by atoms with Crippen LogP contribution in [0.4, 0.5) is 0 Å². The molecule has 7 nitrogen and oxygen atoms in total. The van der Waals surface area contributed by atoms with Crippen LogP contribution in [0.1, 0.15) is 70.4 Å². The Morgan fingerprint density at radius 2 is 1.69 bits per heavy atom. The van der Waals surface area contributed by atoms with Gasteiger partial charge in [-0.2, -0.15) is 0 Å². The summed E-state index contributed by atoms with van der Waals surface area (Å²) in [4.78, 5) is 25.2. The number of unbranched alkanes of at least 4 members (excludes halogenated alkanes) is 1. The second-order valence-corrected chi connectivity index (χ2v) is 11.5. The van der Waals surface area contributed by atoms with Crippen LogP contribution in [0.2, 0.25) is 0 Å². The fraction of sp³-hybridized carbons (Fsp3) is 0.562. The predicted octanol–water partition coefficient (Wildman–Crippen LogP) is 5.21. The van der Waals surface area contributed by atoms with Gasteiger partial charge in [-0.15, -0.1) is 0 Å². The zero-order chi connectivity index (χ0) is 28.1. The predicted molar refractivity (Wildman–Crippen MR) is 154 cm³/mol. The molecule has 2 aromatic carbocycles. The third kappa shape index (κ3) is 10.3. The lowest BCUT2D eigenvalue weighted by Crippen LogP contribution is -2.45. The molecular formula is C32H46N2O5. The summed E-state index contributed by atoms with van der Waals surface area (Å²) in [5.41, 5.74) is 1.32. The molecule has 0 bridgehead atoms. The Hall–Kier alpha value is -2.90. The maximum absolute atomic E-state index is 13.1. The van der Waals surface area contributed by atoms with E-state index in [1.165, 1.54) is 7.11 Å². The van der Waals surface area contributed by atoms with Gasteiger partial charge in [0.1, 0.15) is 11.4 Å². The lowest BCUT2D eigenvalue weighted by molar-refractivity contribution is -0.170. The first-order chi connectivity index (χ1) is 18.7. The van der Waals surface area contributed by atoms with Crippen molar-refractivity contribution >= 4 is 11.9 Å². The zero-order valence-corrected chi connectivity index (χ0v) is 24.1. The highest BCUT2D eigenvalue weighted by molar-refractivity contribution is 5.77. The quantitative estimate of drug-likeness (QED) is 0.252. The minimum absolute atomic E-state index is 0.0672. The first kappa shape index (κ1) is 30.6. The van der Waals surface area contributed by atoms with Gasteiger partial charge in [0.15, 0.2) is 0 Å². The van der Waals surface area contributed by atoms with E-state index >= 15 is 0 Å². The van der Waals surface area contributed by atoms with Crippen molar-refractivity contribution in [2.24, 2.45) is 5.41 Å². The first-order valence-electron chi connectivity index (χ1n) is 14.2. The summed E-state index contributed by atoms with van der Waals surface area (Å²) in [6, 6.07) is 18.1. The molecule has 0 spiro atoms. The molecule has 0 saturated carbocycles. The molecule has 1 heterocycles. The van der Waals surface area contributed by atoms with Crippen LogP contribution >= 0.6 is 0 Å². The van der Waals surface area contributed by atoms with Crippen LogP contribution in [0.25, 0.3) is 0 Å². The highest BCUT2D eigenvalue weighted by Crippen LogP contribution is 2.37. The Balaban J connectivity index is 1.55. The molecule has 0 amide bonds. The van der Waals surface area contributed by atoms with Gasteiger partial charge in [0.2, 0.25) is 0 Å². The summed E-state index contributed by atoms with van der Waals surface area (Å²) in [6.45, 7) is 8.70. The lowest BCUT2D eigenvalue weighted by Gasteiger charge is -2.37. The topological polar surface area (TPSA) is 85.9 Å². The molecule has 0 aromatic heterocycles. The maximum atomic E-state index is 13.1. The molecule has 214 valence electrons. The van der Waals surface area contributed by atoms with Crippen LogP contribution in [0, 0.1) is 5.41 Å². The maximum Gasteiger partial charge on any atom is 0.312 e. The molecular weight excluding hydrogens is 492 g/mol. The fourth-order valence-corrected chi connectivity index (χ4v) is 5.03. The van der Waals surface area contributed by atoms with E-state index in [0.717, 1.165) is 62.1 Å². The molecule has 39 heavy (non-hydrogen) atoms. The summed E-state index contributed by atoms with van der Waals surface area (Å²) >= 11 is 0. The monoisotopic (exact) mass is 538 g/mol. The standard InChI is InChI=1S/C32H46N2O5/c1-31(2,3)39-30(36)32(17-19-33-20-18-32)16-10-11-21-38-28-15-9-8-14-26(28)22-27(23-29(35)37-4)34-24-25-12-6-5-7-13-25/h5-9,12-15,27,33-34H,10-11,16-24H2,1-4H3. The van der Waals surface area contributed by atoms with Crippen LogP contribution < -0.4 is 15.4 Å². The van der Waals surface area contributed by atoms with Crippen molar-refractivity contribution in [3.8, 4) is 5.75 Å². The van der Waals surface area contributed by atoms with Crippen molar-refractivity contribution < 1.29 is 23.8 Å². The largest absolute Gasteiger partial charge is 0.493 e. The number of ether oxygens (including phenoxy) is 3. The van der Waals surface area contributed by atoms with E-state index in [1.54, 1.807) is 0 Å². The molecule has 1 unspecified atom stereocenters. The molecule has 0 radical (unpaired) electrons. The van der Waals surface area contributed by atoms with Gasteiger partial charge < -0.3 is 24.8 Å². The molecule has 2 N–H and O–H groups in total. The minimum Gasteiger partial charge on any atom is -0.493 e. The summed E-state index contributed by atoms with van der Waals surface area (Å²) in [5, 5.41) is 6.88. The van der Waals surface area contributed by atoms with E-state index < -0.39 is 11.0 Å². The number of piperidine rings is 1. The number of para-hydroxylation sites is 1. The molecule has 1 aliphatic heterocycles. The van der Waals surface area contributed by atoms with Crippen molar-refractivity contribution in [3.63, 3.8) is 0 Å². The average Bonchev–Trinajstić information content (AvgIpc) is 2.92. The van der Waals surface area contributed by atoms with Gasteiger partial charge in [0, 0.05) is 12.6 Å². The Labute approximate surface area is 234 Å². The third-order valence-corrected chi connectivity index (χ3v) is 7.22. The second-order valence-electron chi connectivity index (χ2n) is 11.5. The molecule has 1 aliphatic rings. The van der Waals surface area contributed by atoms with Gasteiger partial charge in [-0.3, -0.25) is 9.59 Å². The highest BCUT2D eigenvalue weighted by Gasteiger charge is 2.41. The normalized spacial score (nSPS) is 15.8. The molecule has 2 aromatic rings. The number of hydrogen-bond donors (Lipinski definition) is 2. The van der Waals surface area contributed by atoms with E-state index in [1.807, 2.05) is 57.2 Å². The number of nitrogens with one attached hydrogen (secondary N) is 2. The van der Waals surface area contributed by atoms with Crippen LogP contribution in [-0.4, -0.2) is 50.4 Å². The molecule has 0 aliphatic carbocycles. The Morgan fingerprint density at radius 3 is 2.38 bits per heavy atom. The van der Waals surface area contributed by atoms with Gasteiger partial charge in [0.25, 0.3) is 0 Å². The lowest BCUT2D eigenvalue weighted by atomic mass is 9.75. The van der Waals surface area contributed by atoms with Crippen LogP contribution in [0.15, 0.2) is 54.6 Å². The van der Waals surface area contributed by atoms with Crippen LogP contribution in [0.3, 0.4) is 0 Å². The summed E-state index contributed by atoms with van der Waals surface area (Å²) < 4.78 is 17.0. The van der Waals surface area contributed by atoms with Crippen molar-refractivity contribution in [2.75, 3.05) is 26.8 Å². The van der Waals surface area contributed by atoms with Gasteiger partial charge in [-0.1, -0.05) is 48.5 Å². The van der Waals surface area contributed by atoms with Crippen LogP contribution in [-0.2, 0) is 32.0 Å². The Bertz CT molecular complexity index is 1030. The number of benzene rings is 2. The number of carbonyl (C=O) groups is 2. The second kappa shape index (κ2) is 15.0. The molecule has 3 rings (SSSR count). The number of carbonyl (C=O) groups excluding carboxylic acids is 2. The van der Waals surface area contributed by atoms with Crippen molar-refractivity contribution in [1.29, 1.82) is 0 Å². The van der Waals surface area contributed by atoms with Crippen molar-refractivity contribution in [3.05, 3.63) is 65.7 Å². The van der Waals surface area contributed by atoms with Gasteiger partial charge in [-0.05, 0) is 89.6 Å². The SMILES string of the molecule is COC(=O)CC(Cc1ccccc1OCCCCC1(C(=O)OC(C)(C)C)CCNCC1)NCc1ccccc1. The summed E-state index contributed by atoms with van der Waals surface area (Å²) in [5.74, 6) is 0.524. The van der Waals surface area contributed by atoms with Crippen LogP contribution in [0.5, 0.6) is 5.75 Å². The Kier molecular flexibility index (Phi) is 11.8. The molecule has 7 heteroatoms. The molecule has 1 saturated heterocycles. The van der Waals surface area contributed by atoms with Crippen molar-refractivity contribution in [2.45, 2.75) is 83.9 Å². The van der Waals surface area contributed by atoms with E-state index in [0.29, 0.717) is 19.6 Å². The fourth-order valence-electron chi connectivity index (χ4n) is 5.03. The van der Waals surface area contributed by atoms with E-state index in [-0.39, 0.29) is 24.4 Å². The summed E-state index contributed by atoms with van der Waals surface area (Å²) in [6.07, 6.45) is 5.09. The number of methoxy groups -OCH3 is 1. The highest BCUT2D eigenvalue weighted by atomic mass is 16.6. The summed E-state index contributed by atoms with van der Waals surface area (Å²) in [7, 11) is 1.42.